The molecule has 0 bridgehead atoms. The predicted octanol–water partition coefficient (Wildman–Crippen LogP) is 3.67. The summed E-state index contributed by atoms with van der Waals surface area (Å²) >= 11 is 0. The van der Waals surface area contributed by atoms with Crippen molar-refractivity contribution >= 4 is 0 Å². The van der Waals surface area contributed by atoms with Gasteiger partial charge in [0, 0.05) is 6.04 Å². The van der Waals surface area contributed by atoms with Crippen LogP contribution >= 0.6 is 0 Å². The maximum absolute atomic E-state index is 3.29. The van der Waals surface area contributed by atoms with Crippen molar-refractivity contribution in [3.63, 3.8) is 0 Å². The van der Waals surface area contributed by atoms with E-state index in [1.165, 1.54) is 71.0 Å². The number of rotatable bonds is 4. The molecule has 0 amide bonds. The molecule has 19 heavy (non-hydrogen) atoms. The fourth-order valence-corrected chi connectivity index (χ4v) is 3.96. The van der Waals surface area contributed by atoms with Crippen molar-refractivity contribution in [2.75, 3.05) is 26.7 Å². The van der Waals surface area contributed by atoms with Gasteiger partial charge < -0.3 is 10.2 Å². The number of hydrogen-bond acceptors (Lipinski definition) is 2. The van der Waals surface area contributed by atoms with Crippen molar-refractivity contribution in [2.45, 2.75) is 71.3 Å². The van der Waals surface area contributed by atoms with Crippen LogP contribution in [0.4, 0.5) is 0 Å². The molecule has 0 aromatic rings. The van der Waals surface area contributed by atoms with Crippen LogP contribution in [0.15, 0.2) is 0 Å². The minimum absolute atomic E-state index is 0.597. The first-order valence-electron chi connectivity index (χ1n) is 8.49. The first kappa shape index (κ1) is 15.3. The van der Waals surface area contributed by atoms with Gasteiger partial charge in [-0.15, -0.1) is 0 Å². The SMILES string of the molecule is CNCCC1CCN(C2CCCC(C)(C)CC2)CC1. The highest BCUT2D eigenvalue weighted by molar-refractivity contribution is 4.84. The maximum atomic E-state index is 3.29. The Morgan fingerprint density at radius 1 is 1.05 bits per heavy atom. The van der Waals surface area contributed by atoms with Gasteiger partial charge in [-0.25, -0.2) is 0 Å². The molecule has 1 atom stereocenters. The van der Waals surface area contributed by atoms with Crippen molar-refractivity contribution in [1.29, 1.82) is 0 Å². The van der Waals surface area contributed by atoms with Gasteiger partial charge in [0.2, 0.25) is 0 Å². The average molecular weight is 266 g/mol. The van der Waals surface area contributed by atoms with E-state index in [9.17, 15) is 0 Å². The van der Waals surface area contributed by atoms with Crippen molar-refractivity contribution in [3.05, 3.63) is 0 Å². The molecular weight excluding hydrogens is 232 g/mol. The molecule has 1 unspecified atom stereocenters. The number of piperidine rings is 1. The van der Waals surface area contributed by atoms with Crippen LogP contribution in [0.1, 0.15) is 65.2 Å². The first-order chi connectivity index (χ1) is 9.11. The van der Waals surface area contributed by atoms with Gasteiger partial charge in [-0.1, -0.05) is 20.3 Å². The fraction of sp³-hybridized carbons (Fsp3) is 1.00. The molecule has 0 aromatic carbocycles. The van der Waals surface area contributed by atoms with E-state index in [1.54, 1.807) is 0 Å². The monoisotopic (exact) mass is 266 g/mol. The lowest BCUT2D eigenvalue weighted by atomic mass is 9.85. The lowest BCUT2D eigenvalue weighted by molar-refractivity contribution is 0.116. The molecule has 0 radical (unpaired) electrons. The van der Waals surface area contributed by atoms with Crippen LogP contribution in [0.3, 0.4) is 0 Å². The highest BCUT2D eigenvalue weighted by Crippen LogP contribution is 2.36. The third-order valence-electron chi connectivity index (χ3n) is 5.51. The van der Waals surface area contributed by atoms with Crippen LogP contribution in [-0.4, -0.2) is 37.6 Å². The van der Waals surface area contributed by atoms with Crippen molar-refractivity contribution in [2.24, 2.45) is 11.3 Å². The molecule has 1 N–H and O–H groups in total. The van der Waals surface area contributed by atoms with E-state index in [0.717, 1.165) is 12.0 Å². The second kappa shape index (κ2) is 7.08. The van der Waals surface area contributed by atoms with Gasteiger partial charge >= 0.3 is 0 Å². The Kier molecular flexibility index (Phi) is 5.70. The number of hydrogen-bond donors (Lipinski definition) is 1. The molecule has 1 aliphatic heterocycles. The third-order valence-corrected chi connectivity index (χ3v) is 5.51. The average Bonchev–Trinajstić information content (AvgIpc) is 2.58. The summed E-state index contributed by atoms with van der Waals surface area (Å²) in [6, 6.07) is 0.895. The molecule has 1 heterocycles. The predicted molar refractivity (Wildman–Crippen MR) is 83.5 cm³/mol. The summed E-state index contributed by atoms with van der Waals surface area (Å²) in [6.45, 7) is 8.83. The summed E-state index contributed by atoms with van der Waals surface area (Å²) in [5, 5.41) is 3.29. The minimum Gasteiger partial charge on any atom is -0.320 e. The highest BCUT2D eigenvalue weighted by atomic mass is 15.2. The zero-order chi connectivity index (χ0) is 13.7. The van der Waals surface area contributed by atoms with Gasteiger partial charge in [-0.3, -0.25) is 0 Å². The van der Waals surface area contributed by atoms with Crippen LogP contribution in [0, 0.1) is 11.3 Å². The zero-order valence-electron chi connectivity index (χ0n) is 13.4. The Bertz CT molecular complexity index is 254. The fourth-order valence-electron chi connectivity index (χ4n) is 3.96. The number of likely N-dealkylation sites (tertiary alicyclic amines) is 1. The molecule has 0 spiro atoms. The van der Waals surface area contributed by atoms with E-state index in [0.29, 0.717) is 5.41 Å². The molecule has 2 fully saturated rings. The Morgan fingerprint density at radius 3 is 2.47 bits per heavy atom. The van der Waals surface area contributed by atoms with Gasteiger partial charge in [0.25, 0.3) is 0 Å². The number of nitrogens with one attached hydrogen (secondary N) is 1. The quantitative estimate of drug-likeness (QED) is 0.781. The Hall–Kier alpha value is -0.0800. The lowest BCUT2D eigenvalue weighted by Crippen LogP contribution is -2.41. The summed E-state index contributed by atoms with van der Waals surface area (Å²) in [7, 11) is 2.07. The minimum atomic E-state index is 0.597. The molecule has 1 saturated heterocycles. The summed E-state index contributed by atoms with van der Waals surface area (Å²) in [6.07, 6.45) is 11.4. The summed E-state index contributed by atoms with van der Waals surface area (Å²) < 4.78 is 0. The largest absolute Gasteiger partial charge is 0.320 e. The standard InChI is InChI=1S/C17H34N2/c1-17(2)10-4-5-16(6-11-17)19-13-8-15(9-14-19)7-12-18-3/h15-16,18H,4-14H2,1-3H3. The van der Waals surface area contributed by atoms with Gasteiger partial charge in [-0.05, 0) is 83.0 Å². The second-order valence-corrected chi connectivity index (χ2v) is 7.62. The summed E-state index contributed by atoms with van der Waals surface area (Å²) in [5.41, 5.74) is 0.597. The van der Waals surface area contributed by atoms with Gasteiger partial charge in [-0.2, -0.15) is 0 Å². The topological polar surface area (TPSA) is 15.3 Å². The Labute approximate surface area is 120 Å². The van der Waals surface area contributed by atoms with Crippen LogP contribution < -0.4 is 5.32 Å². The van der Waals surface area contributed by atoms with Crippen LogP contribution in [0.2, 0.25) is 0 Å². The Balaban J connectivity index is 1.75. The Morgan fingerprint density at radius 2 is 1.79 bits per heavy atom. The molecule has 1 saturated carbocycles. The molecular formula is C17H34N2. The van der Waals surface area contributed by atoms with E-state index >= 15 is 0 Å². The van der Waals surface area contributed by atoms with E-state index in [-0.39, 0.29) is 0 Å². The molecule has 112 valence electrons. The third kappa shape index (κ3) is 4.75. The van der Waals surface area contributed by atoms with E-state index in [4.69, 9.17) is 0 Å². The molecule has 2 rings (SSSR count). The second-order valence-electron chi connectivity index (χ2n) is 7.62. The number of nitrogens with zero attached hydrogens (tertiary/aromatic N) is 1. The van der Waals surface area contributed by atoms with Crippen LogP contribution in [0.5, 0.6) is 0 Å². The van der Waals surface area contributed by atoms with Gasteiger partial charge in [0.1, 0.15) is 0 Å². The summed E-state index contributed by atoms with van der Waals surface area (Å²) in [4.78, 5) is 2.82. The van der Waals surface area contributed by atoms with E-state index < -0.39 is 0 Å². The van der Waals surface area contributed by atoms with Crippen LogP contribution in [-0.2, 0) is 0 Å². The summed E-state index contributed by atoms with van der Waals surface area (Å²) in [5.74, 6) is 0.978. The maximum Gasteiger partial charge on any atom is 0.00954 e. The van der Waals surface area contributed by atoms with Crippen molar-refractivity contribution in [3.8, 4) is 0 Å². The molecule has 2 nitrogen and oxygen atoms in total. The van der Waals surface area contributed by atoms with E-state index in [1.807, 2.05) is 0 Å². The molecule has 2 heteroatoms. The zero-order valence-corrected chi connectivity index (χ0v) is 13.4. The van der Waals surface area contributed by atoms with Crippen molar-refractivity contribution < 1.29 is 0 Å². The van der Waals surface area contributed by atoms with Crippen LogP contribution in [0.25, 0.3) is 0 Å². The smallest absolute Gasteiger partial charge is 0.00954 e. The highest BCUT2D eigenvalue weighted by Gasteiger charge is 2.29. The van der Waals surface area contributed by atoms with Gasteiger partial charge in [0.05, 0.1) is 0 Å². The lowest BCUT2D eigenvalue weighted by Gasteiger charge is -2.37. The molecule has 2 aliphatic rings. The molecule has 0 aromatic heterocycles. The van der Waals surface area contributed by atoms with Crippen molar-refractivity contribution in [1.82, 2.24) is 10.2 Å². The normalized spacial score (nSPS) is 30.2. The van der Waals surface area contributed by atoms with Gasteiger partial charge in [0.15, 0.2) is 0 Å². The first-order valence-corrected chi connectivity index (χ1v) is 8.49. The molecule has 1 aliphatic carbocycles. The van der Waals surface area contributed by atoms with E-state index in [2.05, 4.69) is 31.1 Å².